The molecule has 0 aliphatic carbocycles. The Morgan fingerprint density at radius 1 is 1.15 bits per heavy atom. The number of hydrogen-bond acceptors (Lipinski definition) is 4. The second kappa shape index (κ2) is 7.90. The molecule has 1 N–H and O–H groups in total. The minimum atomic E-state index is -4.40. The Hall–Kier alpha value is -2.35. The fraction of sp³-hybridized carbons (Fsp3) is 0.278. The van der Waals surface area contributed by atoms with Crippen molar-refractivity contribution >= 4 is 17.7 Å². The molecule has 1 amide bonds. The minimum absolute atomic E-state index is 0.0193. The molecule has 0 spiro atoms. The third kappa shape index (κ3) is 4.85. The zero-order valence-electron chi connectivity index (χ0n) is 13.6. The monoisotopic (exact) mass is 383 g/mol. The third-order valence-corrected chi connectivity index (χ3v) is 4.62. The van der Waals surface area contributed by atoms with Crippen LogP contribution in [-0.4, -0.2) is 30.9 Å². The molecule has 0 saturated carbocycles. The van der Waals surface area contributed by atoms with Gasteiger partial charge < -0.3 is 14.8 Å². The molecule has 0 saturated heterocycles. The fourth-order valence-electron chi connectivity index (χ4n) is 2.35. The average molecular weight is 383 g/mol. The number of carbonyl (C=O) groups is 1. The van der Waals surface area contributed by atoms with Crippen LogP contribution in [0.3, 0.4) is 0 Å². The Morgan fingerprint density at radius 3 is 2.69 bits per heavy atom. The summed E-state index contributed by atoms with van der Waals surface area (Å²) in [6.07, 6.45) is -4.71. The van der Waals surface area contributed by atoms with E-state index in [1.165, 1.54) is 6.07 Å². The lowest BCUT2D eigenvalue weighted by Crippen LogP contribution is -2.41. The normalized spacial score (nSPS) is 16.2. The summed E-state index contributed by atoms with van der Waals surface area (Å²) < 4.78 is 49.3. The lowest BCUT2D eigenvalue weighted by molar-refractivity contribution is -0.137. The summed E-state index contributed by atoms with van der Waals surface area (Å²) in [4.78, 5) is 12.3. The molecular formula is C18H16F3NO3S. The van der Waals surface area contributed by atoms with Gasteiger partial charge in [-0.1, -0.05) is 18.2 Å². The van der Waals surface area contributed by atoms with Gasteiger partial charge in [0.1, 0.15) is 12.7 Å². The van der Waals surface area contributed by atoms with Gasteiger partial charge in [-0.3, -0.25) is 4.79 Å². The summed E-state index contributed by atoms with van der Waals surface area (Å²) >= 11 is 1.05. The number of hydrogen-bond donors (Lipinski definition) is 1. The van der Waals surface area contributed by atoms with Crippen molar-refractivity contribution in [2.24, 2.45) is 0 Å². The van der Waals surface area contributed by atoms with E-state index in [4.69, 9.17) is 9.47 Å². The van der Waals surface area contributed by atoms with Crippen molar-refractivity contribution in [3.05, 3.63) is 54.1 Å². The van der Waals surface area contributed by atoms with Crippen LogP contribution in [0.4, 0.5) is 13.2 Å². The highest BCUT2D eigenvalue weighted by atomic mass is 32.2. The molecule has 1 aliphatic heterocycles. The van der Waals surface area contributed by atoms with Crippen LogP contribution in [0, 0.1) is 0 Å². The first-order valence-corrected chi connectivity index (χ1v) is 8.85. The summed E-state index contributed by atoms with van der Waals surface area (Å²) in [5.74, 6) is 1.02. The number of nitrogens with one attached hydrogen (secondary N) is 1. The maximum atomic E-state index is 12.7. The first-order chi connectivity index (χ1) is 12.4. The molecule has 138 valence electrons. The maximum Gasteiger partial charge on any atom is 0.416 e. The number of rotatable bonds is 5. The van der Waals surface area contributed by atoms with E-state index in [1.807, 2.05) is 12.1 Å². The number of halogens is 3. The zero-order chi connectivity index (χ0) is 18.6. The summed E-state index contributed by atoms with van der Waals surface area (Å²) in [7, 11) is 0. The Labute approximate surface area is 152 Å². The molecule has 1 atom stereocenters. The number of amides is 1. The summed E-state index contributed by atoms with van der Waals surface area (Å²) in [6, 6.07) is 12.2. The van der Waals surface area contributed by atoms with E-state index in [0.717, 1.165) is 23.9 Å². The molecule has 0 fully saturated rings. The van der Waals surface area contributed by atoms with Crippen molar-refractivity contribution in [1.29, 1.82) is 0 Å². The van der Waals surface area contributed by atoms with Gasteiger partial charge >= 0.3 is 6.18 Å². The summed E-state index contributed by atoms with van der Waals surface area (Å²) in [6.45, 7) is 0.578. The summed E-state index contributed by atoms with van der Waals surface area (Å²) in [5.41, 5.74) is -0.727. The first kappa shape index (κ1) is 18.4. The van der Waals surface area contributed by atoms with Crippen molar-refractivity contribution in [2.75, 3.05) is 18.9 Å². The lowest BCUT2D eigenvalue weighted by Gasteiger charge is -2.26. The predicted molar refractivity (Wildman–Crippen MR) is 91.5 cm³/mol. The number of fused-ring (bicyclic) bond motifs is 1. The van der Waals surface area contributed by atoms with Crippen LogP contribution < -0.4 is 14.8 Å². The van der Waals surface area contributed by atoms with Crippen LogP contribution in [0.15, 0.2) is 53.4 Å². The van der Waals surface area contributed by atoms with Crippen molar-refractivity contribution in [2.45, 2.75) is 17.2 Å². The molecule has 4 nitrogen and oxygen atoms in total. The topological polar surface area (TPSA) is 47.6 Å². The van der Waals surface area contributed by atoms with Gasteiger partial charge in [0.05, 0.1) is 17.9 Å². The molecule has 1 heterocycles. The minimum Gasteiger partial charge on any atom is -0.486 e. The van der Waals surface area contributed by atoms with E-state index < -0.39 is 11.7 Å². The highest BCUT2D eigenvalue weighted by Gasteiger charge is 2.30. The molecule has 1 aliphatic rings. The molecule has 8 heteroatoms. The standard InChI is InChI=1S/C18H16F3NO3S/c19-18(20,21)12-4-3-5-14(8-12)26-11-17(23)22-9-13-10-24-15-6-1-2-7-16(15)25-13/h1-8,13H,9-11H2,(H,22,23). The van der Waals surface area contributed by atoms with E-state index >= 15 is 0 Å². The van der Waals surface area contributed by atoms with Crippen molar-refractivity contribution in [3.8, 4) is 11.5 Å². The van der Waals surface area contributed by atoms with Crippen molar-refractivity contribution < 1.29 is 27.4 Å². The van der Waals surface area contributed by atoms with Gasteiger partial charge in [-0.25, -0.2) is 0 Å². The molecule has 26 heavy (non-hydrogen) atoms. The molecule has 0 bridgehead atoms. The Bertz CT molecular complexity index is 782. The Morgan fingerprint density at radius 2 is 1.92 bits per heavy atom. The first-order valence-electron chi connectivity index (χ1n) is 7.87. The predicted octanol–water partition coefficient (Wildman–Crippen LogP) is 3.75. The van der Waals surface area contributed by atoms with Gasteiger partial charge in [-0.15, -0.1) is 11.8 Å². The number of carbonyl (C=O) groups excluding carboxylic acids is 1. The highest BCUT2D eigenvalue weighted by molar-refractivity contribution is 8.00. The van der Waals surface area contributed by atoms with Gasteiger partial charge in [-0.05, 0) is 30.3 Å². The van der Waals surface area contributed by atoms with Crippen LogP contribution in [0.1, 0.15) is 5.56 Å². The van der Waals surface area contributed by atoms with E-state index in [2.05, 4.69) is 5.32 Å². The van der Waals surface area contributed by atoms with Gasteiger partial charge in [-0.2, -0.15) is 13.2 Å². The fourth-order valence-corrected chi connectivity index (χ4v) is 3.14. The number of alkyl halides is 3. The molecule has 2 aromatic carbocycles. The Kier molecular flexibility index (Phi) is 5.61. The lowest BCUT2D eigenvalue weighted by atomic mass is 10.2. The van der Waals surface area contributed by atoms with E-state index in [0.29, 0.717) is 23.0 Å². The second-order valence-corrected chi connectivity index (χ2v) is 6.66. The van der Waals surface area contributed by atoms with E-state index in [1.54, 1.807) is 18.2 Å². The zero-order valence-corrected chi connectivity index (χ0v) is 14.4. The smallest absolute Gasteiger partial charge is 0.416 e. The van der Waals surface area contributed by atoms with Gasteiger partial charge in [0.2, 0.25) is 5.91 Å². The van der Waals surface area contributed by atoms with Crippen LogP contribution in [0.2, 0.25) is 0 Å². The average Bonchev–Trinajstić information content (AvgIpc) is 2.64. The quantitative estimate of drug-likeness (QED) is 0.799. The van der Waals surface area contributed by atoms with E-state index in [-0.39, 0.29) is 24.3 Å². The third-order valence-electron chi connectivity index (χ3n) is 3.63. The molecule has 1 unspecified atom stereocenters. The highest BCUT2D eigenvalue weighted by Crippen LogP contribution is 2.32. The molecule has 2 aromatic rings. The number of benzene rings is 2. The maximum absolute atomic E-state index is 12.7. The number of ether oxygens (including phenoxy) is 2. The molecular weight excluding hydrogens is 367 g/mol. The number of para-hydroxylation sites is 2. The summed E-state index contributed by atoms with van der Waals surface area (Å²) in [5, 5.41) is 2.71. The molecule has 0 radical (unpaired) electrons. The molecule has 0 aromatic heterocycles. The van der Waals surface area contributed by atoms with Crippen molar-refractivity contribution in [1.82, 2.24) is 5.32 Å². The van der Waals surface area contributed by atoms with Gasteiger partial charge in [0.25, 0.3) is 0 Å². The largest absolute Gasteiger partial charge is 0.486 e. The van der Waals surface area contributed by atoms with E-state index in [9.17, 15) is 18.0 Å². The van der Waals surface area contributed by atoms with Crippen LogP contribution >= 0.6 is 11.8 Å². The SMILES string of the molecule is O=C(CSc1cccc(C(F)(F)F)c1)NCC1COc2ccccc2O1. The van der Waals surface area contributed by atoms with Gasteiger partial charge in [0.15, 0.2) is 11.5 Å². The van der Waals surface area contributed by atoms with Crippen molar-refractivity contribution in [3.63, 3.8) is 0 Å². The van der Waals surface area contributed by atoms with Crippen LogP contribution in [0.5, 0.6) is 11.5 Å². The Balaban J connectivity index is 1.45. The second-order valence-electron chi connectivity index (χ2n) is 5.62. The molecule has 3 rings (SSSR count). The van der Waals surface area contributed by atoms with Crippen LogP contribution in [0.25, 0.3) is 0 Å². The number of thioether (sulfide) groups is 1. The van der Waals surface area contributed by atoms with Gasteiger partial charge in [0, 0.05) is 4.90 Å². The van der Waals surface area contributed by atoms with Crippen LogP contribution in [-0.2, 0) is 11.0 Å².